The lowest BCUT2D eigenvalue weighted by Crippen LogP contribution is -2.33. The first kappa shape index (κ1) is 15.1. The summed E-state index contributed by atoms with van der Waals surface area (Å²) >= 11 is 0. The molecule has 1 fully saturated rings. The highest BCUT2D eigenvalue weighted by molar-refractivity contribution is 5.81. The zero-order valence-electron chi connectivity index (χ0n) is 12.8. The third kappa shape index (κ3) is 2.53. The zero-order valence-corrected chi connectivity index (χ0v) is 12.8. The SMILES string of the molecule is CC(C)(C)CC1OC(n2cnc3c(N)ncnc32)C(O)C1O. The van der Waals surface area contributed by atoms with Gasteiger partial charge in [0.25, 0.3) is 0 Å². The summed E-state index contributed by atoms with van der Waals surface area (Å²) < 4.78 is 7.46. The summed E-state index contributed by atoms with van der Waals surface area (Å²) in [7, 11) is 0. The average Bonchev–Trinajstić information content (AvgIpc) is 2.95. The maximum absolute atomic E-state index is 10.3. The van der Waals surface area contributed by atoms with Gasteiger partial charge in [0.15, 0.2) is 17.7 Å². The summed E-state index contributed by atoms with van der Waals surface area (Å²) in [5.74, 6) is 0.267. The van der Waals surface area contributed by atoms with E-state index in [9.17, 15) is 10.2 Å². The fourth-order valence-corrected chi connectivity index (χ4v) is 2.79. The maximum Gasteiger partial charge on any atom is 0.167 e. The molecule has 2 aromatic heterocycles. The Hall–Kier alpha value is -1.77. The van der Waals surface area contributed by atoms with E-state index in [2.05, 4.69) is 35.7 Å². The standard InChI is InChI=1S/C14H21N5O3/c1-14(2,3)4-7-9(20)10(21)13(22-7)19-6-18-8-11(15)16-5-17-12(8)19/h5-7,9-10,13,20-21H,4H2,1-3H3,(H2,15,16,17). The van der Waals surface area contributed by atoms with Crippen molar-refractivity contribution < 1.29 is 14.9 Å². The molecule has 3 rings (SSSR count). The quantitative estimate of drug-likeness (QED) is 0.737. The van der Waals surface area contributed by atoms with Crippen molar-refractivity contribution in [2.45, 2.75) is 51.7 Å². The van der Waals surface area contributed by atoms with Gasteiger partial charge in [-0.3, -0.25) is 4.57 Å². The van der Waals surface area contributed by atoms with Crippen LogP contribution in [0.5, 0.6) is 0 Å². The molecule has 0 amide bonds. The molecule has 4 unspecified atom stereocenters. The molecule has 1 aliphatic heterocycles. The summed E-state index contributed by atoms with van der Waals surface area (Å²) in [4.78, 5) is 12.2. The summed E-state index contributed by atoms with van der Waals surface area (Å²) in [5, 5.41) is 20.6. The van der Waals surface area contributed by atoms with Crippen molar-refractivity contribution >= 4 is 17.0 Å². The van der Waals surface area contributed by atoms with Gasteiger partial charge in [0.1, 0.15) is 24.1 Å². The number of anilines is 1. The topological polar surface area (TPSA) is 119 Å². The summed E-state index contributed by atoms with van der Waals surface area (Å²) in [5.41, 5.74) is 6.66. The molecule has 0 aromatic carbocycles. The summed E-state index contributed by atoms with van der Waals surface area (Å²) in [6, 6.07) is 0. The number of aromatic nitrogens is 4. The lowest BCUT2D eigenvalue weighted by molar-refractivity contribution is -0.0456. The molecule has 0 saturated carbocycles. The van der Waals surface area contributed by atoms with Gasteiger partial charge in [-0.15, -0.1) is 0 Å². The molecule has 120 valence electrons. The zero-order chi connectivity index (χ0) is 16.1. The van der Waals surface area contributed by atoms with Crippen molar-refractivity contribution in [2.24, 2.45) is 5.41 Å². The molecule has 0 bridgehead atoms. The number of fused-ring (bicyclic) bond motifs is 1. The number of nitrogens with two attached hydrogens (primary N) is 1. The number of nitrogens with zero attached hydrogens (tertiary/aromatic N) is 4. The molecule has 2 aromatic rings. The predicted molar refractivity (Wildman–Crippen MR) is 79.7 cm³/mol. The highest BCUT2D eigenvalue weighted by Crippen LogP contribution is 2.36. The van der Waals surface area contributed by atoms with Crippen LogP contribution in [0.3, 0.4) is 0 Å². The average molecular weight is 307 g/mol. The third-order valence-corrected chi connectivity index (χ3v) is 3.81. The fourth-order valence-electron chi connectivity index (χ4n) is 2.79. The summed E-state index contributed by atoms with van der Waals surface area (Å²) in [6.07, 6.45) is 0.252. The summed E-state index contributed by atoms with van der Waals surface area (Å²) in [6.45, 7) is 6.18. The molecule has 3 heterocycles. The Labute approximate surface area is 128 Å². The first-order valence-electron chi connectivity index (χ1n) is 7.22. The van der Waals surface area contributed by atoms with Crippen LogP contribution in [-0.2, 0) is 4.74 Å². The first-order valence-corrected chi connectivity index (χ1v) is 7.22. The van der Waals surface area contributed by atoms with E-state index in [1.165, 1.54) is 12.7 Å². The van der Waals surface area contributed by atoms with Crippen LogP contribution in [0.2, 0.25) is 0 Å². The Kier molecular flexibility index (Phi) is 3.54. The van der Waals surface area contributed by atoms with Gasteiger partial charge >= 0.3 is 0 Å². The van der Waals surface area contributed by atoms with Gasteiger partial charge in [-0.25, -0.2) is 15.0 Å². The van der Waals surface area contributed by atoms with Gasteiger partial charge in [-0.2, -0.15) is 0 Å². The Morgan fingerprint density at radius 3 is 2.64 bits per heavy atom. The molecule has 8 heteroatoms. The van der Waals surface area contributed by atoms with Crippen molar-refractivity contribution in [3.63, 3.8) is 0 Å². The second kappa shape index (κ2) is 5.15. The lowest BCUT2D eigenvalue weighted by Gasteiger charge is -2.24. The molecular formula is C14H21N5O3. The van der Waals surface area contributed by atoms with E-state index in [4.69, 9.17) is 10.5 Å². The first-order chi connectivity index (χ1) is 10.3. The molecule has 8 nitrogen and oxygen atoms in total. The number of ether oxygens (including phenoxy) is 1. The Bertz CT molecular complexity index is 681. The van der Waals surface area contributed by atoms with E-state index in [0.717, 1.165) is 0 Å². The third-order valence-electron chi connectivity index (χ3n) is 3.81. The molecule has 4 N–H and O–H groups in total. The lowest BCUT2D eigenvalue weighted by atomic mass is 9.87. The van der Waals surface area contributed by atoms with E-state index in [0.29, 0.717) is 17.6 Å². The fraction of sp³-hybridized carbons (Fsp3) is 0.643. The Morgan fingerprint density at radius 2 is 1.95 bits per heavy atom. The molecule has 0 radical (unpaired) electrons. The Balaban J connectivity index is 1.93. The van der Waals surface area contributed by atoms with Gasteiger partial charge in [0, 0.05) is 0 Å². The van der Waals surface area contributed by atoms with Crippen LogP contribution in [-0.4, -0.2) is 48.0 Å². The monoisotopic (exact) mass is 307 g/mol. The van der Waals surface area contributed by atoms with Crippen LogP contribution in [0.15, 0.2) is 12.7 Å². The van der Waals surface area contributed by atoms with Gasteiger partial charge in [-0.05, 0) is 11.8 Å². The Morgan fingerprint density at radius 1 is 1.23 bits per heavy atom. The number of aliphatic hydroxyl groups is 2. The minimum absolute atomic E-state index is 0.0239. The van der Waals surface area contributed by atoms with Crippen molar-refractivity contribution in [1.29, 1.82) is 0 Å². The number of aliphatic hydroxyl groups excluding tert-OH is 2. The van der Waals surface area contributed by atoms with E-state index in [1.807, 2.05) is 0 Å². The second-order valence-electron chi connectivity index (χ2n) is 6.89. The molecular weight excluding hydrogens is 286 g/mol. The minimum Gasteiger partial charge on any atom is -0.388 e. The molecule has 0 spiro atoms. The number of hydrogen-bond donors (Lipinski definition) is 3. The van der Waals surface area contributed by atoms with Crippen LogP contribution in [0.1, 0.15) is 33.4 Å². The minimum atomic E-state index is -1.05. The van der Waals surface area contributed by atoms with Crippen LogP contribution in [0.25, 0.3) is 11.2 Å². The van der Waals surface area contributed by atoms with E-state index in [-0.39, 0.29) is 11.2 Å². The number of hydrogen-bond acceptors (Lipinski definition) is 7. The van der Waals surface area contributed by atoms with Gasteiger partial charge < -0.3 is 20.7 Å². The van der Waals surface area contributed by atoms with Crippen LogP contribution >= 0.6 is 0 Å². The normalized spacial score (nSPS) is 29.3. The van der Waals surface area contributed by atoms with Gasteiger partial charge in [-0.1, -0.05) is 20.8 Å². The van der Waals surface area contributed by atoms with Crippen LogP contribution in [0.4, 0.5) is 5.82 Å². The molecule has 4 atom stereocenters. The largest absolute Gasteiger partial charge is 0.388 e. The van der Waals surface area contributed by atoms with Crippen molar-refractivity contribution in [1.82, 2.24) is 19.5 Å². The molecule has 1 aliphatic rings. The van der Waals surface area contributed by atoms with Gasteiger partial charge in [0.05, 0.1) is 12.4 Å². The van der Waals surface area contributed by atoms with Crippen LogP contribution in [0, 0.1) is 5.41 Å². The highest BCUT2D eigenvalue weighted by atomic mass is 16.6. The van der Waals surface area contributed by atoms with E-state index < -0.39 is 24.5 Å². The van der Waals surface area contributed by atoms with Crippen molar-refractivity contribution in [2.75, 3.05) is 5.73 Å². The van der Waals surface area contributed by atoms with Crippen LogP contribution < -0.4 is 5.73 Å². The smallest absolute Gasteiger partial charge is 0.167 e. The number of imidazole rings is 1. The van der Waals surface area contributed by atoms with Gasteiger partial charge in [0.2, 0.25) is 0 Å². The second-order valence-corrected chi connectivity index (χ2v) is 6.89. The predicted octanol–water partition coefficient (Wildman–Crippen LogP) is 0.464. The van der Waals surface area contributed by atoms with E-state index in [1.54, 1.807) is 4.57 Å². The van der Waals surface area contributed by atoms with E-state index >= 15 is 0 Å². The number of rotatable bonds is 2. The van der Waals surface area contributed by atoms with Crippen molar-refractivity contribution in [3.8, 4) is 0 Å². The highest BCUT2D eigenvalue weighted by Gasteiger charge is 2.45. The molecule has 22 heavy (non-hydrogen) atoms. The molecule has 1 saturated heterocycles. The number of nitrogen functional groups attached to an aromatic ring is 1. The van der Waals surface area contributed by atoms with Crippen molar-refractivity contribution in [3.05, 3.63) is 12.7 Å². The molecule has 0 aliphatic carbocycles. The maximum atomic E-state index is 10.3.